The van der Waals surface area contributed by atoms with Gasteiger partial charge in [0, 0.05) is 12.1 Å². The maximum Gasteiger partial charge on any atom is 0.226 e. The van der Waals surface area contributed by atoms with Crippen LogP contribution >= 0.6 is 0 Å². The SMILES string of the molecule is CCNC(=NCc1ccc(C)cc1)NCc1coc(-c2ccccc2)n1. The Labute approximate surface area is 154 Å². The first-order chi connectivity index (χ1) is 12.7. The molecule has 134 valence electrons. The molecule has 0 saturated heterocycles. The molecular formula is C21H24N4O. The van der Waals surface area contributed by atoms with Crippen LogP contribution < -0.4 is 10.6 Å². The second-order valence-electron chi connectivity index (χ2n) is 6.04. The summed E-state index contributed by atoms with van der Waals surface area (Å²) in [6.07, 6.45) is 1.68. The van der Waals surface area contributed by atoms with Crippen molar-refractivity contribution in [2.24, 2.45) is 4.99 Å². The second-order valence-corrected chi connectivity index (χ2v) is 6.04. The molecule has 0 aliphatic rings. The molecule has 0 aliphatic heterocycles. The molecule has 0 bridgehead atoms. The van der Waals surface area contributed by atoms with E-state index in [0.29, 0.717) is 19.0 Å². The number of nitrogens with zero attached hydrogens (tertiary/aromatic N) is 2. The topological polar surface area (TPSA) is 62.5 Å². The van der Waals surface area contributed by atoms with Gasteiger partial charge in [0.2, 0.25) is 5.89 Å². The van der Waals surface area contributed by atoms with E-state index in [1.54, 1.807) is 6.26 Å². The molecule has 0 spiro atoms. The molecule has 1 aromatic heterocycles. The van der Waals surface area contributed by atoms with Gasteiger partial charge in [-0.25, -0.2) is 9.98 Å². The minimum absolute atomic E-state index is 0.552. The number of aryl methyl sites for hydroxylation is 1. The van der Waals surface area contributed by atoms with Crippen molar-refractivity contribution in [3.63, 3.8) is 0 Å². The number of rotatable bonds is 6. The zero-order chi connectivity index (χ0) is 18.2. The number of benzene rings is 2. The van der Waals surface area contributed by atoms with Crippen LogP contribution in [0.4, 0.5) is 0 Å². The van der Waals surface area contributed by atoms with Gasteiger partial charge in [-0.3, -0.25) is 0 Å². The van der Waals surface area contributed by atoms with Crippen LogP contribution in [0.25, 0.3) is 11.5 Å². The average Bonchev–Trinajstić information content (AvgIpc) is 3.15. The van der Waals surface area contributed by atoms with Gasteiger partial charge in [0.25, 0.3) is 0 Å². The number of aliphatic imine (C=N–C) groups is 1. The maximum absolute atomic E-state index is 5.57. The largest absolute Gasteiger partial charge is 0.444 e. The quantitative estimate of drug-likeness (QED) is 0.524. The molecule has 0 atom stereocenters. The van der Waals surface area contributed by atoms with Crippen molar-refractivity contribution in [2.75, 3.05) is 6.54 Å². The molecule has 5 nitrogen and oxygen atoms in total. The molecule has 0 amide bonds. The molecule has 26 heavy (non-hydrogen) atoms. The average molecular weight is 348 g/mol. The van der Waals surface area contributed by atoms with Crippen LogP contribution in [0.3, 0.4) is 0 Å². The summed E-state index contributed by atoms with van der Waals surface area (Å²) in [7, 11) is 0. The van der Waals surface area contributed by atoms with Crippen LogP contribution in [-0.4, -0.2) is 17.5 Å². The standard InChI is InChI=1S/C21H24N4O/c1-3-22-21(23-13-17-11-9-16(2)10-12-17)24-14-19-15-26-20(25-19)18-7-5-4-6-8-18/h4-12,15H,3,13-14H2,1-2H3,(H2,22,23,24). The van der Waals surface area contributed by atoms with Crippen LogP contribution in [0.1, 0.15) is 23.7 Å². The molecule has 2 N–H and O–H groups in total. The van der Waals surface area contributed by atoms with Gasteiger partial charge in [-0.1, -0.05) is 48.0 Å². The Bertz CT molecular complexity index is 838. The molecule has 1 heterocycles. The van der Waals surface area contributed by atoms with Gasteiger partial charge < -0.3 is 15.1 Å². The Kier molecular flexibility index (Phi) is 6.04. The van der Waals surface area contributed by atoms with Crippen LogP contribution in [0, 0.1) is 6.92 Å². The minimum atomic E-state index is 0.552. The van der Waals surface area contributed by atoms with Gasteiger partial charge in [-0.2, -0.15) is 0 Å². The summed E-state index contributed by atoms with van der Waals surface area (Å²) >= 11 is 0. The van der Waals surface area contributed by atoms with Crippen molar-refractivity contribution >= 4 is 5.96 Å². The van der Waals surface area contributed by atoms with Gasteiger partial charge in [0.05, 0.1) is 18.8 Å². The zero-order valence-electron chi connectivity index (χ0n) is 15.2. The lowest BCUT2D eigenvalue weighted by atomic mass is 10.1. The molecular weight excluding hydrogens is 324 g/mol. The van der Waals surface area contributed by atoms with Crippen molar-refractivity contribution in [3.05, 3.63) is 77.7 Å². The minimum Gasteiger partial charge on any atom is -0.444 e. The number of guanidine groups is 1. The summed E-state index contributed by atoms with van der Waals surface area (Å²) in [5.74, 6) is 1.39. The lowest BCUT2D eigenvalue weighted by molar-refractivity contribution is 0.572. The first kappa shape index (κ1) is 17.7. The highest BCUT2D eigenvalue weighted by Crippen LogP contribution is 2.17. The summed E-state index contributed by atoms with van der Waals surface area (Å²) in [5, 5.41) is 6.55. The van der Waals surface area contributed by atoms with E-state index in [4.69, 9.17) is 4.42 Å². The molecule has 0 unspecified atom stereocenters. The highest BCUT2D eigenvalue weighted by Gasteiger charge is 2.07. The van der Waals surface area contributed by atoms with Gasteiger partial charge in [0.15, 0.2) is 5.96 Å². The Balaban J connectivity index is 1.61. The van der Waals surface area contributed by atoms with Gasteiger partial charge in [0.1, 0.15) is 6.26 Å². The summed E-state index contributed by atoms with van der Waals surface area (Å²) in [6.45, 7) is 6.11. The maximum atomic E-state index is 5.57. The van der Waals surface area contributed by atoms with E-state index in [2.05, 4.69) is 51.8 Å². The normalized spacial score (nSPS) is 11.4. The summed E-state index contributed by atoms with van der Waals surface area (Å²) in [4.78, 5) is 9.16. The van der Waals surface area contributed by atoms with Crippen molar-refractivity contribution < 1.29 is 4.42 Å². The third kappa shape index (κ3) is 4.96. The Morgan fingerprint density at radius 1 is 1.04 bits per heavy atom. The Hall–Kier alpha value is -3.08. The van der Waals surface area contributed by atoms with Crippen LogP contribution in [0.2, 0.25) is 0 Å². The van der Waals surface area contributed by atoms with Gasteiger partial charge in [-0.05, 0) is 31.5 Å². The predicted octanol–water partition coefficient (Wildman–Crippen LogP) is 3.91. The predicted molar refractivity (Wildman–Crippen MR) is 105 cm³/mol. The van der Waals surface area contributed by atoms with E-state index in [9.17, 15) is 0 Å². The van der Waals surface area contributed by atoms with Crippen LogP contribution in [0.5, 0.6) is 0 Å². The summed E-state index contributed by atoms with van der Waals surface area (Å²) < 4.78 is 5.57. The Morgan fingerprint density at radius 2 is 1.81 bits per heavy atom. The third-order valence-corrected chi connectivity index (χ3v) is 3.89. The molecule has 5 heteroatoms. The fourth-order valence-electron chi connectivity index (χ4n) is 2.48. The zero-order valence-corrected chi connectivity index (χ0v) is 15.2. The van der Waals surface area contributed by atoms with E-state index in [-0.39, 0.29) is 0 Å². The van der Waals surface area contributed by atoms with E-state index in [1.165, 1.54) is 11.1 Å². The smallest absolute Gasteiger partial charge is 0.226 e. The van der Waals surface area contributed by atoms with E-state index in [1.807, 2.05) is 37.3 Å². The van der Waals surface area contributed by atoms with Crippen molar-refractivity contribution in [1.82, 2.24) is 15.6 Å². The molecule has 0 saturated carbocycles. The van der Waals surface area contributed by atoms with Crippen molar-refractivity contribution in [3.8, 4) is 11.5 Å². The van der Waals surface area contributed by atoms with Crippen LogP contribution in [0.15, 0.2) is 70.3 Å². The highest BCUT2D eigenvalue weighted by molar-refractivity contribution is 5.79. The number of nitrogens with one attached hydrogen (secondary N) is 2. The summed E-state index contributed by atoms with van der Waals surface area (Å²) in [5.41, 5.74) is 4.24. The Morgan fingerprint density at radius 3 is 2.54 bits per heavy atom. The molecule has 0 aliphatic carbocycles. The van der Waals surface area contributed by atoms with Crippen molar-refractivity contribution in [2.45, 2.75) is 26.9 Å². The first-order valence-electron chi connectivity index (χ1n) is 8.82. The van der Waals surface area contributed by atoms with Crippen molar-refractivity contribution in [1.29, 1.82) is 0 Å². The molecule has 3 aromatic rings. The summed E-state index contributed by atoms with van der Waals surface area (Å²) in [6, 6.07) is 18.3. The monoisotopic (exact) mass is 348 g/mol. The van der Waals surface area contributed by atoms with Crippen LogP contribution in [-0.2, 0) is 13.1 Å². The van der Waals surface area contributed by atoms with Gasteiger partial charge >= 0.3 is 0 Å². The fourth-order valence-corrected chi connectivity index (χ4v) is 2.48. The molecule has 2 aromatic carbocycles. The second kappa shape index (κ2) is 8.85. The molecule has 3 rings (SSSR count). The fraction of sp³-hybridized carbons (Fsp3) is 0.238. The first-order valence-corrected chi connectivity index (χ1v) is 8.82. The molecule has 0 fully saturated rings. The molecule has 0 radical (unpaired) electrons. The number of oxazole rings is 1. The van der Waals surface area contributed by atoms with E-state index >= 15 is 0 Å². The van der Waals surface area contributed by atoms with E-state index < -0.39 is 0 Å². The third-order valence-electron chi connectivity index (χ3n) is 3.89. The lowest BCUT2D eigenvalue weighted by Gasteiger charge is -2.10. The highest BCUT2D eigenvalue weighted by atomic mass is 16.3. The number of hydrogen-bond donors (Lipinski definition) is 2. The van der Waals surface area contributed by atoms with Gasteiger partial charge in [-0.15, -0.1) is 0 Å². The number of hydrogen-bond acceptors (Lipinski definition) is 3. The number of aromatic nitrogens is 1. The lowest BCUT2D eigenvalue weighted by Crippen LogP contribution is -2.36. The van der Waals surface area contributed by atoms with E-state index in [0.717, 1.165) is 23.8 Å².